The summed E-state index contributed by atoms with van der Waals surface area (Å²) in [5, 5.41) is 18.9. The molecule has 6 heteroatoms. The SMILES string of the molecule is CC1(C)CCC2(C(=O)O)CCC3(C)C(=C(c4cccc(CN)c4)CC4C5(C)Cc6c(n[nH]c6N)C(C)(C)C5CCC43C)C2C1. The Balaban J connectivity index is 1.49. The number of nitrogen functional groups attached to an aromatic ring is 1. The Bertz CT molecular complexity index is 1570. The van der Waals surface area contributed by atoms with E-state index in [0.29, 0.717) is 18.4 Å². The molecule has 6 nitrogen and oxygen atoms in total. The van der Waals surface area contributed by atoms with Crippen LogP contribution < -0.4 is 11.5 Å². The van der Waals surface area contributed by atoms with Crippen molar-refractivity contribution in [1.82, 2.24) is 10.2 Å². The van der Waals surface area contributed by atoms with Crippen LogP contribution in [-0.2, 0) is 23.2 Å². The maximum Gasteiger partial charge on any atom is 0.310 e. The molecular formula is C38H54N4O2. The third-order valence-corrected chi connectivity index (χ3v) is 14.9. The number of nitrogens with two attached hydrogens (primary N) is 2. The summed E-state index contributed by atoms with van der Waals surface area (Å²) in [5.74, 6) is 1.10. The van der Waals surface area contributed by atoms with Crippen LogP contribution in [0.1, 0.15) is 122 Å². The van der Waals surface area contributed by atoms with E-state index in [4.69, 9.17) is 16.6 Å². The molecule has 0 bridgehead atoms. The maximum atomic E-state index is 13.4. The first-order chi connectivity index (χ1) is 20.5. The topological polar surface area (TPSA) is 118 Å². The molecule has 44 heavy (non-hydrogen) atoms. The summed E-state index contributed by atoms with van der Waals surface area (Å²) in [7, 11) is 0. The van der Waals surface area contributed by atoms with Crippen molar-refractivity contribution in [3.63, 3.8) is 0 Å². The predicted octanol–water partition coefficient (Wildman–Crippen LogP) is 7.88. The Labute approximate surface area is 263 Å². The van der Waals surface area contributed by atoms with E-state index in [-0.39, 0.29) is 33.0 Å². The summed E-state index contributed by atoms with van der Waals surface area (Å²) < 4.78 is 0. The van der Waals surface area contributed by atoms with Crippen LogP contribution in [0.5, 0.6) is 0 Å². The maximum absolute atomic E-state index is 13.4. The third-order valence-electron chi connectivity index (χ3n) is 14.9. The van der Waals surface area contributed by atoms with E-state index >= 15 is 0 Å². The molecule has 7 atom stereocenters. The molecule has 0 aliphatic heterocycles. The van der Waals surface area contributed by atoms with Crippen LogP contribution in [0.3, 0.4) is 0 Å². The van der Waals surface area contributed by atoms with Crippen LogP contribution in [0.15, 0.2) is 29.8 Å². The Hall–Kier alpha value is -2.60. The zero-order valence-electron chi connectivity index (χ0n) is 28.1. The van der Waals surface area contributed by atoms with Gasteiger partial charge in [-0.2, -0.15) is 5.10 Å². The number of carboxylic acids is 1. The van der Waals surface area contributed by atoms with Gasteiger partial charge in [0, 0.05) is 17.5 Å². The average Bonchev–Trinajstić information content (AvgIpc) is 3.33. The molecule has 238 valence electrons. The van der Waals surface area contributed by atoms with Gasteiger partial charge < -0.3 is 16.6 Å². The van der Waals surface area contributed by atoms with E-state index in [1.165, 1.54) is 22.3 Å². The zero-order valence-corrected chi connectivity index (χ0v) is 28.1. The van der Waals surface area contributed by atoms with Gasteiger partial charge >= 0.3 is 5.97 Å². The van der Waals surface area contributed by atoms with Crippen molar-refractivity contribution in [2.45, 2.75) is 118 Å². The molecule has 2 aromatic rings. The summed E-state index contributed by atoms with van der Waals surface area (Å²) in [6.45, 7) is 17.7. The molecule has 0 radical (unpaired) electrons. The number of carboxylic acid groups (broad SMARTS) is 1. The lowest BCUT2D eigenvalue weighted by molar-refractivity contribution is -0.175. The molecule has 5 aliphatic rings. The lowest BCUT2D eigenvalue weighted by Gasteiger charge is -2.71. The zero-order chi connectivity index (χ0) is 31.7. The van der Waals surface area contributed by atoms with E-state index in [1.807, 2.05) is 0 Å². The van der Waals surface area contributed by atoms with Crippen LogP contribution in [0.25, 0.3) is 5.57 Å². The molecule has 1 heterocycles. The van der Waals surface area contributed by atoms with Crippen molar-refractivity contribution >= 4 is 17.4 Å². The summed E-state index contributed by atoms with van der Waals surface area (Å²) in [6, 6.07) is 8.85. The minimum absolute atomic E-state index is 0.0277. The first-order valence-electron chi connectivity index (χ1n) is 17.1. The fourth-order valence-corrected chi connectivity index (χ4v) is 12.3. The van der Waals surface area contributed by atoms with Gasteiger partial charge in [-0.05, 0) is 114 Å². The molecule has 3 saturated carbocycles. The highest BCUT2D eigenvalue weighted by molar-refractivity contribution is 5.80. The molecule has 5 aliphatic carbocycles. The predicted molar refractivity (Wildman–Crippen MR) is 177 cm³/mol. The number of allylic oxidation sites excluding steroid dienone is 2. The number of hydrogen-bond acceptors (Lipinski definition) is 4. The molecule has 1 aromatic carbocycles. The highest BCUT2D eigenvalue weighted by Crippen LogP contribution is 2.77. The van der Waals surface area contributed by atoms with Gasteiger partial charge in [0.15, 0.2) is 0 Å². The fourth-order valence-electron chi connectivity index (χ4n) is 12.3. The number of carbonyl (C=O) groups is 1. The van der Waals surface area contributed by atoms with Gasteiger partial charge in [-0.25, -0.2) is 0 Å². The molecular weight excluding hydrogens is 544 g/mol. The van der Waals surface area contributed by atoms with Gasteiger partial charge in [0.2, 0.25) is 0 Å². The van der Waals surface area contributed by atoms with E-state index in [2.05, 4.69) is 77.8 Å². The highest BCUT2D eigenvalue weighted by Gasteiger charge is 2.70. The molecule has 6 N–H and O–H groups in total. The smallest absolute Gasteiger partial charge is 0.310 e. The minimum atomic E-state index is -0.682. The quantitative estimate of drug-likeness (QED) is 0.287. The number of benzene rings is 1. The molecule has 1 aromatic heterocycles. The van der Waals surface area contributed by atoms with Crippen molar-refractivity contribution in [3.05, 3.63) is 52.2 Å². The summed E-state index contributed by atoms with van der Waals surface area (Å²) in [6.07, 6.45) is 8.61. The highest BCUT2D eigenvalue weighted by atomic mass is 16.4. The number of aromatic amines is 1. The minimum Gasteiger partial charge on any atom is -0.481 e. The van der Waals surface area contributed by atoms with Gasteiger partial charge in [0.05, 0.1) is 11.1 Å². The normalized spacial score (nSPS) is 40.2. The Morgan fingerprint density at radius 3 is 2.45 bits per heavy atom. The molecule has 0 amide bonds. The van der Waals surface area contributed by atoms with Gasteiger partial charge in [0.25, 0.3) is 0 Å². The van der Waals surface area contributed by atoms with Crippen LogP contribution >= 0.6 is 0 Å². The first kappa shape index (κ1) is 30.1. The van der Waals surface area contributed by atoms with Gasteiger partial charge in [-0.1, -0.05) is 78.3 Å². The number of aliphatic carboxylic acids is 1. The third kappa shape index (κ3) is 3.69. The number of fused-ring (bicyclic) bond motifs is 8. The van der Waals surface area contributed by atoms with E-state index in [0.717, 1.165) is 74.9 Å². The number of nitrogens with zero attached hydrogens (tertiary/aromatic N) is 1. The van der Waals surface area contributed by atoms with Crippen molar-refractivity contribution < 1.29 is 9.90 Å². The molecule has 0 saturated heterocycles. The van der Waals surface area contributed by atoms with Crippen LogP contribution in [-0.4, -0.2) is 21.3 Å². The van der Waals surface area contributed by atoms with Crippen LogP contribution in [0.2, 0.25) is 0 Å². The van der Waals surface area contributed by atoms with Crippen molar-refractivity contribution in [1.29, 1.82) is 0 Å². The second kappa shape index (κ2) is 9.24. The number of H-pyrrole nitrogens is 1. The summed E-state index contributed by atoms with van der Waals surface area (Å²) in [4.78, 5) is 13.4. The lowest BCUT2D eigenvalue weighted by Crippen LogP contribution is -2.65. The Kier molecular flexibility index (Phi) is 6.31. The van der Waals surface area contributed by atoms with E-state index < -0.39 is 11.4 Å². The summed E-state index contributed by atoms with van der Waals surface area (Å²) in [5.41, 5.74) is 19.8. The standard InChI is InChI=1S/C38H54N4O2/c1-33(2)13-15-38(32(43)44)16-14-37(7)29(26(38)20-33)24(23-10-8-9-22(17-23)21-39)18-28-35(5)19-25-30(41-42-31(25)40)34(3,4)27(35)11-12-36(28,37)6/h8-10,17,26-28H,11-16,18-21,39H2,1-7H3,(H,43,44)(H3,40,41,42). The van der Waals surface area contributed by atoms with Crippen molar-refractivity contribution in [3.8, 4) is 0 Å². The number of hydrogen-bond donors (Lipinski definition) is 4. The van der Waals surface area contributed by atoms with E-state index in [1.54, 1.807) is 0 Å². The number of rotatable bonds is 3. The summed E-state index contributed by atoms with van der Waals surface area (Å²) >= 11 is 0. The van der Waals surface area contributed by atoms with Crippen molar-refractivity contribution in [2.24, 2.45) is 50.6 Å². The number of aromatic nitrogens is 2. The van der Waals surface area contributed by atoms with Gasteiger partial charge in [-0.15, -0.1) is 0 Å². The van der Waals surface area contributed by atoms with Gasteiger partial charge in [0.1, 0.15) is 5.82 Å². The largest absolute Gasteiger partial charge is 0.481 e. The number of nitrogens with one attached hydrogen (secondary N) is 1. The first-order valence-corrected chi connectivity index (χ1v) is 17.1. The fraction of sp³-hybridized carbons (Fsp3) is 0.684. The Morgan fingerprint density at radius 2 is 1.75 bits per heavy atom. The molecule has 7 rings (SSSR count). The van der Waals surface area contributed by atoms with Crippen LogP contribution in [0.4, 0.5) is 5.82 Å². The van der Waals surface area contributed by atoms with Crippen molar-refractivity contribution in [2.75, 3.05) is 5.73 Å². The van der Waals surface area contributed by atoms with E-state index in [9.17, 15) is 9.90 Å². The van der Waals surface area contributed by atoms with Crippen LogP contribution in [0, 0.1) is 44.8 Å². The molecule has 3 fully saturated rings. The second-order valence-electron chi connectivity index (χ2n) is 17.6. The molecule has 7 unspecified atom stereocenters. The number of anilines is 1. The second-order valence-corrected chi connectivity index (χ2v) is 17.6. The monoisotopic (exact) mass is 598 g/mol. The lowest BCUT2D eigenvalue weighted by atomic mass is 9.33. The molecule has 0 spiro atoms. The van der Waals surface area contributed by atoms with Gasteiger partial charge in [-0.3, -0.25) is 9.89 Å². The Morgan fingerprint density at radius 1 is 1.02 bits per heavy atom. The average molecular weight is 599 g/mol.